The van der Waals surface area contributed by atoms with Gasteiger partial charge in [-0.3, -0.25) is 0 Å². The summed E-state index contributed by atoms with van der Waals surface area (Å²) in [4.78, 5) is 4.64. The van der Waals surface area contributed by atoms with E-state index in [-0.39, 0.29) is 5.41 Å². The topological polar surface area (TPSA) is 29.9 Å². The Bertz CT molecular complexity index is 294. The second kappa shape index (κ2) is 4.13. The third-order valence-corrected chi connectivity index (χ3v) is 2.23. The van der Waals surface area contributed by atoms with Gasteiger partial charge in [-0.15, -0.1) is 0 Å². The predicted octanol–water partition coefficient (Wildman–Crippen LogP) is 1.48. The van der Waals surface area contributed by atoms with Crippen molar-refractivity contribution in [3.05, 3.63) is 17.7 Å². The lowest BCUT2D eigenvalue weighted by Crippen LogP contribution is -2.17. The maximum absolute atomic E-state index is 4.64. The normalized spacial score (nSPS) is 12.1. The number of imidazole rings is 1. The number of hydrogen-bond donors (Lipinski definition) is 1. The minimum atomic E-state index is 0.132. The fourth-order valence-corrected chi connectivity index (χ4v) is 1.60. The van der Waals surface area contributed by atoms with E-state index in [4.69, 9.17) is 0 Å². The van der Waals surface area contributed by atoms with E-state index in [1.807, 2.05) is 7.05 Å². The number of rotatable bonds is 3. The number of nitrogens with one attached hydrogen (secondary N) is 1. The quantitative estimate of drug-likeness (QED) is 0.791. The number of hydrogen-bond acceptors (Lipinski definition) is 2. The molecule has 1 aromatic rings. The molecular formula is C11H21N3. The Hall–Kier alpha value is -0.830. The van der Waals surface area contributed by atoms with Gasteiger partial charge in [-0.2, -0.15) is 0 Å². The number of aromatic nitrogens is 2. The molecular weight excluding hydrogens is 174 g/mol. The molecule has 0 aliphatic heterocycles. The van der Waals surface area contributed by atoms with E-state index >= 15 is 0 Å². The van der Waals surface area contributed by atoms with Crippen LogP contribution >= 0.6 is 0 Å². The maximum Gasteiger partial charge on any atom is 0.114 e. The zero-order valence-corrected chi connectivity index (χ0v) is 9.89. The van der Waals surface area contributed by atoms with E-state index in [2.05, 4.69) is 48.9 Å². The van der Waals surface area contributed by atoms with Crippen molar-refractivity contribution < 1.29 is 0 Å². The third-order valence-electron chi connectivity index (χ3n) is 2.23. The Morgan fingerprint density at radius 1 is 1.43 bits per heavy atom. The van der Waals surface area contributed by atoms with E-state index in [9.17, 15) is 0 Å². The number of aryl methyl sites for hydroxylation is 1. The highest BCUT2D eigenvalue weighted by Gasteiger charge is 2.19. The van der Waals surface area contributed by atoms with Crippen LogP contribution in [0.4, 0.5) is 0 Å². The largest absolute Gasteiger partial charge is 0.337 e. The second-order valence-corrected chi connectivity index (χ2v) is 4.77. The fourth-order valence-electron chi connectivity index (χ4n) is 1.60. The van der Waals surface area contributed by atoms with Crippen molar-refractivity contribution in [2.75, 3.05) is 13.6 Å². The van der Waals surface area contributed by atoms with Crippen LogP contribution in [0.2, 0.25) is 0 Å². The average Bonchev–Trinajstić information content (AvgIpc) is 2.42. The summed E-state index contributed by atoms with van der Waals surface area (Å²) in [5.74, 6) is 1.16. The first-order valence-corrected chi connectivity index (χ1v) is 5.12. The summed E-state index contributed by atoms with van der Waals surface area (Å²) >= 11 is 0. The van der Waals surface area contributed by atoms with Gasteiger partial charge in [0, 0.05) is 31.6 Å². The molecule has 1 aromatic heterocycles. The molecule has 0 saturated carbocycles. The molecule has 1 heterocycles. The Balaban J connectivity index is 2.83. The summed E-state index contributed by atoms with van der Waals surface area (Å²) in [6, 6.07) is 0. The molecule has 0 radical (unpaired) electrons. The zero-order valence-electron chi connectivity index (χ0n) is 9.89. The first kappa shape index (κ1) is 11.2. The lowest BCUT2D eigenvalue weighted by molar-refractivity contribution is 0.522. The molecule has 0 amide bonds. The molecule has 0 aliphatic rings. The van der Waals surface area contributed by atoms with Crippen molar-refractivity contribution in [1.82, 2.24) is 14.9 Å². The SMILES string of the molecule is CNCCc1cn(C)c(C(C)(C)C)n1. The first-order chi connectivity index (χ1) is 6.45. The number of nitrogens with zero attached hydrogens (tertiary/aromatic N) is 2. The molecule has 3 nitrogen and oxygen atoms in total. The van der Waals surface area contributed by atoms with Crippen molar-refractivity contribution in [3.8, 4) is 0 Å². The van der Waals surface area contributed by atoms with Crippen LogP contribution in [-0.4, -0.2) is 23.1 Å². The summed E-state index contributed by atoms with van der Waals surface area (Å²) in [5.41, 5.74) is 1.30. The van der Waals surface area contributed by atoms with Crippen molar-refractivity contribution in [2.24, 2.45) is 7.05 Å². The van der Waals surface area contributed by atoms with Crippen molar-refractivity contribution in [3.63, 3.8) is 0 Å². The van der Waals surface area contributed by atoms with Gasteiger partial charge in [-0.25, -0.2) is 4.98 Å². The fraction of sp³-hybridized carbons (Fsp3) is 0.727. The smallest absolute Gasteiger partial charge is 0.114 e. The van der Waals surface area contributed by atoms with Gasteiger partial charge in [0.25, 0.3) is 0 Å². The Morgan fingerprint density at radius 2 is 2.07 bits per heavy atom. The van der Waals surface area contributed by atoms with Crippen LogP contribution in [0.15, 0.2) is 6.20 Å². The highest BCUT2D eigenvalue weighted by Crippen LogP contribution is 2.20. The van der Waals surface area contributed by atoms with Crippen molar-refractivity contribution in [1.29, 1.82) is 0 Å². The van der Waals surface area contributed by atoms with Crippen LogP contribution in [0.5, 0.6) is 0 Å². The standard InChI is InChI=1S/C11H21N3/c1-11(2,3)10-13-9(6-7-12-4)8-14(10)5/h8,12H,6-7H2,1-5H3. The van der Waals surface area contributed by atoms with E-state index in [1.165, 1.54) is 5.69 Å². The molecule has 0 aliphatic carbocycles. The van der Waals surface area contributed by atoms with E-state index in [1.54, 1.807) is 0 Å². The van der Waals surface area contributed by atoms with Crippen LogP contribution in [0, 0.1) is 0 Å². The minimum Gasteiger partial charge on any atom is -0.337 e. The van der Waals surface area contributed by atoms with Crippen LogP contribution in [0.1, 0.15) is 32.3 Å². The molecule has 0 saturated heterocycles. The van der Waals surface area contributed by atoms with Crippen LogP contribution in [0.25, 0.3) is 0 Å². The Labute approximate surface area is 86.5 Å². The molecule has 80 valence electrons. The molecule has 1 N–H and O–H groups in total. The summed E-state index contributed by atoms with van der Waals surface area (Å²) in [6.45, 7) is 7.56. The van der Waals surface area contributed by atoms with Gasteiger partial charge in [-0.1, -0.05) is 20.8 Å². The highest BCUT2D eigenvalue weighted by atomic mass is 15.1. The molecule has 0 unspecified atom stereocenters. The van der Waals surface area contributed by atoms with Gasteiger partial charge in [0.2, 0.25) is 0 Å². The Morgan fingerprint density at radius 3 is 2.50 bits per heavy atom. The summed E-state index contributed by atoms with van der Waals surface area (Å²) < 4.78 is 2.13. The summed E-state index contributed by atoms with van der Waals surface area (Å²) in [6.07, 6.45) is 3.12. The molecule has 0 spiro atoms. The molecule has 1 rings (SSSR count). The average molecular weight is 195 g/mol. The van der Waals surface area contributed by atoms with Gasteiger partial charge >= 0.3 is 0 Å². The van der Waals surface area contributed by atoms with E-state index in [0.717, 1.165) is 18.8 Å². The van der Waals surface area contributed by atoms with Crippen LogP contribution in [0.3, 0.4) is 0 Å². The lowest BCUT2D eigenvalue weighted by Gasteiger charge is -2.17. The monoisotopic (exact) mass is 195 g/mol. The van der Waals surface area contributed by atoms with Gasteiger partial charge in [0.1, 0.15) is 5.82 Å². The molecule has 3 heteroatoms. The second-order valence-electron chi connectivity index (χ2n) is 4.77. The summed E-state index contributed by atoms with van der Waals surface area (Å²) in [7, 11) is 4.03. The maximum atomic E-state index is 4.64. The van der Waals surface area contributed by atoms with Crippen LogP contribution < -0.4 is 5.32 Å². The van der Waals surface area contributed by atoms with Crippen LogP contribution in [-0.2, 0) is 18.9 Å². The lowest BCUT2D eigenvalue weighted by atomic mass is 9.96. The van der Waals surface area contributed by atoms with Gasteiger partial charge in [0.15, 0.2) is 0 Å². The van der Waals surface area contributed by atoms with E-state index in [0.29, 0.717) is 0 Å². The molecule has 0 aromatic carbocycles. The zero-order chi connectivity index (χ0) is 10.8. The number of likely N-dealkylation sites (N-methyl/N-ethyl adjacent to an activating group) is 1. The van der Waals surface area contributed by atoms with Crippen molar-refractivity contribution >= 4 is 0 Å². The van der Waals surface area contributed by atoms with Gasteiger partial charge < -0.3 is 9.88 Å². The summed E-state index contributed by atoms with van der Waals surface area (Å²) in [5, 5.41) is 3.13. The van der Waals surface area contributed by atoms with Crippen molar-refractivity contribution in [2.45, 2.75) is 32.6 Å². The molecule has 0 atom stereocenters. The third kappa shape index (κ3) is 2.58. The molecule has 0 bridgehead atoms. The minimum absolute atomic E-state index is 0.132. The molecule has 0 fully saturated rings. The predicted molar refractivity (Wildman–Crippen MR) is 59.5 cm³/mol. The highest BCUT2D eigenvalue weighted by molar-refractivity contribution is 5.11. The Kier molecular flexibility index (Phi) is 3.32. The molecule has 14 heavy (non-hydrogen) atoms. The van der Waals surface area contributed by atoms with E-state index < -0.39 is 0 Å². The van der Waals surface area contributed by atoms with Gasteiger partial charge in [0.05, 0.1) is 5.69 Å². The van der Waals surface area contributed by atoms with Gasteiger partial charge in [-0.05, 0) is 7.05 Å². The first-order valence-electron chi connectivity index (χ1n) is 5.12.